The zero-order valence-electron chi connectivity index (χ0n) is 20.1. The molecule has 1 amide bonds. The van der Waals surface area contributed by atoms with Crippen molar-refractivity contribution in [2.75, 3.05) is 18.5 Å². The summed E-state index contributed by atoms with van der Waals surface area (Å²) in [6.07, 6.45) is 1.45. The summed E-state index contributed by atoms with van der Waals surface area (Å²) < 4.78 is 24.4. The number of halogens is 1. The first-order valence-electron chi connectivity index (χ1n) is 11.7. The standard InChI is InChI=1S/C28H27FN4O3/c1-3-35-25-14-5-19(15-26(25)36-4-2)17-30-28(34)21-8-12-23(13-9-21)33-27-16-24(31-18-32-27)20-6-10-22(29)11-7-20/h5-16,18H,3-4,17H2,1-2H3,(H,30,34)(H,31,32,33). The summed E-state index contributed by atoms with van der Waals surface area (Å²) in [6.45, 7) is 5.27. The Bertz CT molecular complexity index is 1310. The second-order valence-electron chi connectivity index (χ2n) is 7.83. The molecule has 0 spiro atoms. The summed E-state index contributed by atoms with van der Waals surface area (Å²) in [6, 6.07) is 20.6. The summed E-state index contributed by atoms with van der Waals surface area (Å²) in [5, 5.41) is 6.13. The van der Waals surface area contributed by atoms with Crippen molar-refractivity contribution in [2.45, 2.75) is 20.4 Å². The zero-order chi connectivity index (χ0) is 25.3. The van der Waals surface area contributed by atoms with Crippen LogP contribution in [0.2, 0.25) is 0 Å². The number of anilines is 2. The van der Waals surface area contributed by atoms with E-state index in [1.807, 2.05) is 32.0 Å². The quantitative estimate of drug-likeness (QED) is 0.297. The number of carbonyl (C=O) groups excluding carboxylic acids is 1. The Balaban J connectivity index is 1.37. The summed E-state index contributed by atoms with van der Waals surface area (Å²) in [5.74, 6) is 1.45. The number of ether oxygens (including phenoxy) is 2. The van der Waals surface area contributed by atoms with E-state index in [9.17, 15) is 9.18 Å². The number of benzene rings is 3. The highest BCUT2D eigenvalue weighted by atomic mass is 19.1. The van der Waals surface area contributed by atoms with Gasteiger partial charge in [0.05, 0.1) is 18.9 Å². The Morgan fingerprint density at radius 2 is 1.58 bits per heavy atom. The topological polar surface area (TPSA) is 85.4 Å². The molecule has 1 heterocycles. The van der Waals surface area contributed by atoms with Crippen LogP contribution in [0.1, 0.15) is 29.8 Å². The maximum Gasteiger partial charge on any atom is 0.251 e. The Hall–Kier alpha value is -4.46. The van der Waals surface area contributed by atoms with Crippen LogP contribution in [0.15, 0.2) is 79.1 Å². The van der Waals surface area contributed by atoms with E-state index >= 15 is 0 Å². The Morgan fingerprint density at radius 1 is 0.861 bits per heavy atom. The second kappa shape index (κ2) is 11.8. The van der Waals surface area contributed by atoms with Gasteiger partial charge in [0.15, 0.2) is 11.5 Å². The molecule has 0 radical (unpaired) electrons. The fourth-order valence-corrected chi connectivity index (χ4v) is 3.55. The van der Waals surface area contributed by atoms with Crippen molar-refractivity contribution in [2.24, 2.45) is 0 Å². The van der Waals surface area contributed by atoms with Crippen LogP contribution in [0.25, 0.3) is 11.3 Å². The molecule has 0 unspecified atom stereocenters. The van der Waals surface area contributed by atoms with Crippen molar-refractivity contribution < 1.29 is 18.7 Å². The van der Waals surface area contributed by atoms with Gasteiger partial charge in [-0.2, -0.15) is 0 Å². The van der Waals surface area contributed by atoms with E-state index in [4.69, 9.17) is 9.47 Å². The van der Waals surface area contributed by atoms with Crippen LogP contribution in [0.4, 0.5) is 15.9 Å². The van der Waals surface area contributed by atoms with E-state index in [0.717, 1.165) is 16.8 Å². The zero-order valence-corrected chi connectivity index (χ0v) is 20.1. The molecule has 0 atom stereocenters. The molecule has 0 saturated heterocycles. The lowest BCUT2D eigenvalue weighted by atomic mass is 10.1. The van der Waals surface area contributed by atoms with Crippen LogP contribution in [-0.4, -0.2) is 29.1 Å². The highest BCUT2D eigenvalue weighted by Crippen LogP contribution is 2.28. The molecule has 4 aromatic rings. The highest BCUT2D eigenvalue weighted by molar-refractivity contribution is 5.94. The first-order chi connectivity index (χ1) is 17.6. The van der Waals surface area contributed by atoms with Crippen LogP contribution in [-0.2, 0) is 6.54 Å². The third-order valence-corrected chi connectivity index (χ3v) is 5.29. The molecule has 3 aromatic carbocycles. The molecule has 7 nitrogen and oxygen atoms in total. The SMILES string of the molecule is CCOc1ccc(CNC(=O)c2ccc(Nc3cc(-c4ccc(F)cc4)ncn3)cc2)cc1OCC. The lowest BCUT2D eigenvalue weighted by Crippen LogP contribution is -2.22. The van der Waals surface area contributed by atoms with Crippen LogP contribution >= 0.6 is 0 Å². The summed E-state index contributed by atoms with van der Waals surface area (Å²) in [7, 11) is 0. The number of rotatable bonds is 10. The highest BCUT2D eigenvalue weighted by Gasteiger charge is 2.10. The van der Waals surface area contributed by atoms with Gasteiger partial charge in [-0.05, 0) is 80.1 Å². The molecule has 2 N–H and O–H groups in total. The summed E-state index contributed by atoms with van der Waals surface area (Å²) in [4.78, 5) is 21.2. The molecular weight excluding hydrogens is 459 g/mol. The minimum Gasteiger partial charge on any atom is -0.490 e. The monoisotopic (exact) mass is 486 g/mol. The van der Waals surface area contributed by atoms with Crippen molar-refractivity contribution in [3.63, 3.8) is 0 Å². The van der Waals surface area contributed by atoms with Crippen LogP contribution < -0.4 is 20.1 Å². The van der Waals surface area contributed by atoms with Gasteiger partial charge >= 0.3 is 0 Å². The van der Waals surface area contributed by atoms with E-state index in [0.29, 0.717) is 48.3 Å². The van der Waals surface area contributed by atoms with Crippen molar-refractivity contribution >= 4 is 17.4 Å². The number of hydrogen-bond donors (Lipinski definition) is 2. The van der Waals surface area contributed by atoms with Crippen LogP contribution in [0.5, 0.6) is 11.5 Å². The summed E-state index contributed by atoms with van der Waals surface area (Å²) >= 11 is 0. The number of amides is 1. The normalized spacial score (nSPS) is 10.5. The van der Waals surface area contributed by atoms with E-state index < -0.39 is 0 Å². The molecule has 0 aliphatic carbocycles. The van der Waals surface area contributed by atoms with Gasteiger partial charge in [0, 0.05) is 29.4 Å². The molecule has 0 saturated carbocycles. The van der Waals surface area contributed by atoms with Gasteiger partial charge in [0.1, 0.15) is 18.0 Å². The molecule has 0 bridgehead atoms. The van der Waals surface area contributed by atoms with Crippen molar-refractivity contribution in [1.29, 1.82) is 0 Å². The number of carbonyl (C=O) groups is 1. The second-order valence-corrected chi connectivity index (χ2v) is 7.83. The van der Waals surface area contributed by atoms with Crippen molar-refractivity contribution in [1.82, 2.24) is 15.3 Å². The average Bonchev–Trinajstić information content (AvgIpc) is 2.90. The van der Waals surface area contributed by atoms with Gasteiger partial charge in [0.2, 0.25) is 0 Å². The minimum absolute atomic E-state index is 0.186. The molecule has 1 aromatic heterocycles. The van der Waals surface area contributed by atoms with Gasteiger partial charge in [0.25, 0.3) is 5.91 Å². The Kier molecular flexibility index (Phi) is 8.08. The first kappa shape index (κ1) is 24.7. The van der Waals surface area contributed by atoms with Gasteiger partial charge in [-0.3, -0.25) is 4.79 Å². The Morgan fingerprint density at radius 3 is 2.31 bits per heavy atom. The van der Waals surface area contributed by atoms with Gasteiger partial charge in [-0.25, -0.2) is 14.4 Å². The van der Waals surface area contributed by atoms with Gasteiger partial charge in [-0.15, -0.1) is 0 Å². The predicted molar refractivity (Wildman–Crippen MR) is 137 cm³/mol. The smallest absolute Gasteiger partial charge is 0.251 e. The maximum atomic E-state index is 13.2. The molecular formula is C28H27FN4O3. The number of aromatic nitrogens is 2. The summed E-state index contributed by atoms with van der Waals surface area (Å²) in [5.41, 5.74) is 3.67. The largest absolute Gasteiger partial charge is 0.490 e. The van der Waals surface area contributed by atoms with E-state index in [1.54, 1.807) is 42.5 Å². The van der Waals surface area contributed by atoms with Gasteiger partial charge < -0.3 is 20.1 Å². The van der Waals surface area contributed by atoms with Crippen molar-refractivity contribution in [3.05, 3.63) is 96.1 Å². The predicted octanol–water partition coefficient (Wildman–Crippen LogP) is 5.75. The van der Waals surface area contributed by atoms with Gasteiger partial charge in [-0.1, -0.05) is 6.07 Å². The lowest BCUT2D eigenvalue weighted by molar-refractivity contribution is 0.0951. The first-order valence-corrected chi connectivity index (χ1v) is 11.7. The number of nitrogens with one attached hydrogen (secondary N) is 2. The third kappa shape index (κ3) is 6.35. The number of hydrogen-bond acceptors (Lipinski definition) is 6. The molecule has 0 aliphatic heterocycles. The lowest BCUT2D eigenvalue weighted by Gasteiger charge is -2.13. The molecule has 184 valence electrons. The van der Waals surface area contributed by atoms with E-state index in [2.05, 4.69) is 20.6 Å². The molecule has 36 heavy (non-hydrogen) atoms. The molecule has 8 heteroatoms. The number of nitrogens with zero attached hydrogens (tertiary/aromatic N) is 2. The molecule has 0 aliphatic rings. The van der Waals surface area contributed by atoms with Crippen LogP contribution in [0.3, 0.4) is 0 Å². The van der Waals surface area contributed by atoms with E-state index in [1.165, 1.54) is 18.5 Å². The minimum atomic E-state index is -0.301. The maximum absolute atomic E-state index is 13.2. The third-order valence-electron chi connectivity index (χ3n) is 5.29. The fourth-order valence-electron chi connectivity index (χ4n) is 3.55. The molecule has 0 fully saturated rings. The van der Waals surface area contributed by atoms with Crippen LogP contribution in [0, 0.1) is 5.82 Å². The Labute approximate surface area is 209 Å². The fraction of sp³-hybridized carbons (Fsp3) is 0.179. The van der Waals surface area contributed by atoms with Crippen molar-refractivity contribution in [3.8, 4) is 22.8 Å². The average molecular weight is 487 g/mol. The molecule has 4 rings (SSSR count). The van der Waals surface area contributed by atoms with E-state index in [-0.39, 0.29) is 11.7 Å².